The van der Waals surface area contributed by atoms with Gasteiger partial charge in [-0.2, -0.15) is 0 Å². The number of benzene rings is 2. The van der Waals surface area contributed by atoms with Crippen molar-refractivity contribution in [1.82, 2.24) is 4.90 Å². The summed E-state index contributed by atoms with van der Waals surface area (Å²) >= 11 is 0. The smallest absolute Gasteiger partial charge is 0.329 e. The van der Waals surface area contributed by atoms with Gasteiger partial charge in [-0.25, -0.2) is 17.6 Å². The second kappa shape index (κ2) is 8.76. The molecule has 0 saturated carbocycles. The summed E-state index contributed by atoms with van der Waals surface area (Å²) in [6, 6.07) is 9.01. The van der Waals surface area contributed by atoms with Crippen LogP contribution in [0, 0.1) is 5.82 Å². The average molecular weight is 447 g/mol. The van der Waals surface area contributed by atoms with E-state index >= 15 is 0 Å². The van der Waals surface area contributed by atoms with Gasteiger partial charge in [-0.1, -0.05) is 12.1 Å². The first-order valence-corrected chi connectivity index (χ1v) is 11.2. The molecule has 1 aliphatic rings. The molecule has 1 atom stereocenters. The fourth-order valence-electron chi connectivity index (χ4n) is 3.12. The lowest BCUT2D eigenvalue weighted by Crippen LogP contribution is -2.46. The largest absolute Gasteiger partial charge is 0.456 e. The highest BCUT2D eigenvalue weighted by Crippen LogP contribution is 2.26. The van der Waals surface area contributed by atoms with E-state index < -0.39 is 57.6 Å². The summed E-state index contributed by atoms with van der Waals surface area (Å²) in [5.41, 5.74) is 0.279. The predicted molar refractivity (Wildman–Crippen MR) is 107 cm³/mol. The van der Waals surface area contributed by atoms with Crippen LogP contribution in [0.25, 0.3) is 0 Å². The molecule has 0 fully saturated rings. The van der Waals surface area contributed by atoms with Gasteiger partial charge in [0.15, 0.2) is 12.4 Å². The molecule has 0 spiro atoms. The SMILES string of the molecule is CS(=O)(=O)CCC(C(=O)OCC(=O)c1ccc(F)cc1)N1C(=O)c2ccccc2C1=O. The third-order valence-corrected chi connectivity index (χ3v) is 5.66. The number of sulfone groups is 1. The Bertz CT molecular complexity index is 1120. The summed E-state index contributed by atoms with van der Waals surface area (Å²) in [6.07, 6.45) is 0.573. The number of ketones is 1. The number of halogens is 1. The van der Waals surface area contributed by atoms with Crippen LogP contribution in [-0.2, 0) is 19.4 Å². The Morgan fingerprint density at radius 1 is 1.00 bits per heavy atom. The van der Waals surface area contributed by atoms with Gasteiger partial charge < -0.3 is 4.74 Å². The Kier molecular flexibility index (Phi) is 6.30. The van der Waals surface area contributed by atoms with Crippen LogP contribution in [0.4, 0.5) is 4.39 Å². The Hall–Kier alpha value is -3.40. The number of esters is 1. The van der Waals surface area contributed by atoms with Crippen molar-refractivity contribution in [3.63, 3.8) is 0 Å². The van der Waals surface area contributed by atoms with Crippen LogP contribution in [0.2, 0.25) is 0 Å². The van der Waals surface area contributed by atoms with Gasteiger partial charge in [-0.15, -0.1) is 0 Å². The molecule has 1 aliphatic heterocycles. The van der Waals surface area contributed by atoms with E-state index in [1.165, 1.54) is 24.3 Å². The maximum atomic E-state index is 13.0. The first-order valence-electron chi connectivity index (χ1n) is 9.18. The molecule has 1 heterocycles. The van der Waals surface area contributed by atoms with Gasteiger partial charge >= 0.3 is 5.97 Å². The molecule has 0 saturated heterocycles. The van der Waals surface area contributed by atoms with Gasteiger partial charge in [0.2, 0.25) is 0 Å². The summed E-state index contributed by atoms with van der Waals surface area (Å²) in [5.74, 6) is -4.24. The van der Waals surface area contributed by atoms with Crippen molar-refractivity contribution < 1.29 is 36.7 Å². The lowest BCUT2D eigenvalue weighted by molar-refractivity contribution is -0.147. The van der Waals surface area contributed by atoms with E-state index in [0.29, 0.717) is 4.90 Å². The van der Waals surface area contributed by atoms with E-state index in [4.69, 9.17) is 4.74 Å². The normalized spacial score (nSPS) is 14.3. The number of carbonyl (C=O) groups excluding carboxylic acids is 4. The Morgan fingerprint density at radius 3 is 2.06 bits per heavy atom. The number of carbonyl (C=O) groups is 4. The molecule has 1 unspecified atom stereocenters. The summed E-state index contributed by atoms with van der Waals surface area (Å²) < 4.78 is 41.2. The maximum Gasteiger partial charge on any atom is 0.329 e. The number of hydrogen-bond acceptors (Lipinski definition) is 7. The number of Topliss-reactive ketones (excluding diaryl/α,β-unsaturated/α-hetero) is 1. The molecule has 0 aromatic heterocycles. The summed E-state index contributed by atoms with van der Waals surface area (Å²) in [6.45, 7) is -0.719. The zero-order valence-electron chi connectivity index (χ0n) is 16.4. The third-order valence-electron chi connectivity index (χ3n) is 4.68. The van der Waals surface area contributed by atoms with Crippen LogP contribution in [0.1, 0.15) is 37.5 Å². The van der Waals surface area contributed by atoms with Crippen molar-refractivity contribution in [1.29, 1.82) is 0 Å². The number of amides is 2. The monoisotopic (exact) mass is 447 g/mol. The first kappa shape index (κ1) is 22.3. The highest BCUT2D eigenvalue weighted by molar-refractivity contribution is 7.90. The summed E-state index contributed by atoms with van der Waals surface area (Å²) in [7, 11) is -3.52. The number of fused-ring (bicyclic) bond motifs is 1. The zero-order valence-corrected chi connectivity index (χ0v) is 17.2. The molecule has 162 valence electrons. The quantitative estimate of drug-likeness (QED) is 0.343. The van der Waals surface area contributed by atoms with Gasteiger partial charge in [-0.3, -0.25) is 19.3 Å². The Balaban J connectivity index is 1.79. The van der Waals surface area contributed by atoms with Crippen molar-refractivity contribution in [2.75, 3.05) is 18.6 Å². The number of hydrogen-bond donors (Lipinski definition) is 0. The van der Waals surface area contributed by atoms with Gasteiger partial charge in [0.1, 0.15) is 21.7 Å². The van der Waals surface area contributed by atoms with Crippen molar-refractivity contribution in [3.8, 4) is 0 Å². The molecule has 0 N–H and O–H groups in total. The molecule has 31 heavy (non-hydrogen) atoms. The molecule has 2 aromatic rings. The maximum absolute atomic E-state index is 13.0. The number of nitrogens with zero attached hydrogens (tertiary/aromatic N) is 1. The fraction of sp³-hybridized carbons (Fsp3) is 0.238. The van der Waals surface area contributed by atoms with E-state index in [1.807, 2.05) is 0 Å². The topological polar surface area (TPSA) is 115 Å². The standard InChI is InChI=1S/C21H18FNO7S/c1-31(28,29)11-10-17(23-19(25)15-4-2-3-5-16(15)20(23)26)21(27)30-12-18(24)13-6-8-14(22)9-7-13/h2-9,17H,10-12H2,1H3. The number of ether oxygens (including phenoxy) is 1. The molecular formula is C21H18FNO7S. The third kappa shape index (κ3) is 5.02. The summed E-state index contributed by atoms with van der Waals surface area (Å²) in [4.78, 5) is 51.0. The van der Waals surface area contributed by atoms with E-state index in [-0.39, 0.29) is 23.1 Å². The fourth-order valence-corrected chi connectivity index (χ4v) is 3.77. The van der Waals surface area contributed by atoms with Gasteiger partial charge in [0.25, 0.3) is 11.8 Å². The van der Waals surface area contributed by atoms with Crippen molar-refractivity contribution >= 4 is 33.4 Å². The molecule has 0 radical (unpaired) electrons. The first-order chi connectivity index (χ1) is 14.6. The number of rotatable bonds is 8. The van der Waals surface area contributed by atoms with E-state index in [9.17, 15) is 32.0 Å². The van der Waals surface area contributed by atoms with Gasteiger partial charge in [-0.05, 0) is 42.8 Å². The molecule has 2 aromatic carbocycles. The second-order valence-corrected chi connectivity index (χ2v) is 9.26. The van der Waals surface area contributed by atoms with Crippen LogP contribution in [0.15, 0.2) is 48.5 Å². The van der Waals surface area contributed by atoms with E-state index in [1.54, 1.807) is 12.1 Å². The van der Waals surface area contributed by atoms with Crippen LogP contribution < -0.4 is 0 Å². The van der Waals surface area contributed by atoms with Gasteiger partial charge in [0.05, 0.1) is 16.9 Å². The van der Waals surface area contributed by atoms with Crippen molar-refractivity contribution in [2.45, 2.75) is 12.5 Å². The molecule has 0 aliphatic carbocycles. The van der Waals surface area contributed by atoms with E-state index in [2.05, 4.69) is 0 Å². The molecule has 2 amide bonds. The van der Waals surface area contributed by atoms with Crippen molar-refractivity contribution in [2.24, 2.45) is 0 Å². The minimum absolute atomic E-state index is 0.0899. The molecule has 8 nitrogen and oxygen atoms in total. The zero-order chi connectivity index (χ0) is 22.8. The molecular weight excluding hydrogens is 429 g/mol. The number of imide groups is 1. The minimum atomic E-state index is -3.52. The average Bonchev–Trinajstić information content (AvgIpc) is 2.97. The molecule has 10 heteroatoms. The highest BCUT2D eigenvalue weighted by Gasteiger charge is 2.43. The lowest BCUT2D eigenvalue weighted by atomic mass is 10.1. The van der Waals surface area contributed by atoms with Crippen LogP contribution in [-0.4, -0.2) is 61.5 Å². The molecule has 0 bridgehead atoms. The predicted octanol–water partition coefficient (Wildman–Crippen LogP) is 1.65. The van der Waals surface area contributed by atoms with Crippen LogP contribution in [0.3, 0.4) is 0 Å². The van der Waals surface area contributed by atoms with Crippen LogP contribution >= 0.6 is 0 Å². The van der Waals surface area contributed by atoms with Crippen LogP contribution in [0.5, 0.6) is 0 Å². The molecule has 3 rings (SSSR count). The van der Waals surface area contributed by atoms with Gasteiger partial charge in [0, 0.05) is 11.8 Å². The highest BCUT2D eigenvalue weighted by atomic mass is 32.2. The second-order valence-electron chi connectivity index (χ2n) is 7.00. The Morgan fingerprint density at radius 2 is 1.55 bits per heavy atom. The lowest BCUT2D eigenvalue weighted by Gasteiger charge is -2.24. The van der Waals surface area contributed by atoms with E-state index in [0.717, 1.165) is 18.4 Å². The van der Waals surface area contributed by atoms with Crippen molar-refractivity contribution in [3.05, 3.63) is 71.0 Å². The minimum Gasteiger partial charge on any atom is -0.456 e. The Labute approximate surface area is 177 Å². The summed E-state index contributed by atoms with van der Waals surface area (Å²) in [5, 5.41) is 0.